The molecular formula is C7H13N3O2. The Bertz CT molecular complexity index is 224. The minimum absolute atomic E-state index is 0.398. The van der Waals surface area contributed by atoms with E-state index >= 15 is 0 Å². The summed E-state index contributed by atoms with van der Waals surface area (Å²) < 4.78 is 9.76. The van der Waals surface area contributed by atoms with Gasteiger partial charge in [-0.05, 0) is 6.54 Å². The fraction of sp³-hybridized carbons (Fsp3) is 0.714. The largest absolute Gasteiger partial charge is 0.377 e. The van der Waals surface area contributed by atoms with Crippen molar-refractivity contribution in [3.63, 3.8) is 0 Å². The van der Waals surface area contributed by atoms with Crippen molar-refractivity contribution in [2.45, 2.75) is 20.1 Å². The van der Waals surface area contributed by atoms with Crippen LogP contribution in [0.1, 0.15) is 18.6 Å². The van der Waals surface area contributed by atoms with Crippen LogP contribution in [0.5, 0.6) is 0 Å². The molecule has 0 amide bonds. The Morgan fingerprint density at radius 1 is 1.58 bits per heavy atom. The average Bonchev–Trinajstić information content (AvgIpc) is 2.50. The van der Waals surface area contributed by atoms with Crippen LogP contribution in [-0.4, -0.2) is 23.8 Å². The van der Waals surface area contributed by atoms with Crippen LogP contribution in [0.15, 0.2) is 4.52 Å². The summed E-state index contributed by atoms with van der Waals surface area (Å²) in [5.74, 6) is 1.19. The molecule has 0 unspecified atom stereocenters. The summed E-state index contributed by atoms with van der Waals surface area (Å²) in [5, 5.41) is 6.79. The van der Waals surface area contributed by atoms with Gasteiger partial charge in [0.25, 0.3) is 0 Å². The first-order valence-electron chi connectivity index (χ1n) is 3.88. The molecule has 0 fully saturated rings. The lowest BCUT2D eigenvalue weighted by Gasteiger charge is -1.92. The van der Waals surface area contributed by atoms with E-state index in [2.05, 4.69) is 15.5 Å². The molecule has 0 saturated carbocycles. The van der Waals surface area contributed by atoms with Crippen molar-refractivity contribution >= 4 is 0 Å². The second-order valence-electron chi connectivity index (χ2n) is 2.32. The summed E-state index contributed by atoms with van der Waals surface area (Å²) in [5.41, 5.74) is 0. The zero-order valence-corrected chi connectivity index (χ0v) is 7.33. The lowest BCUT2D eigenvalue weighted by Crippen LogP contribution is -2.11. The maximum atomic E-state index is 4.92. The van der Waals surface area contributed by atoms with Crippen molar-refractivity contribution in [2.75, 3.05) is 13.7 Å². The highest BCUT2D eigenvalue weighted by molar-refractivity contribution is 4.83. The van der Waals surface area contributed by atoms with Gasteiger partial charge in [-0.3, -0.25) is 0 Å². The van der Waals surface area contributed by atoms with Gasteiger partial charge in [-0.2, -0.15) is 4.98 Å². The molecule has 0 aromatic carbocycles. The summed E-state index contributed by atoms with van der Waals surface area (Å²) in [6.07, 6.45) is 0. The zero-order valence-electron chi connectivity index (χ0n) is 7.33. The molecule has 1 rings (SSSR count). The third kappa shape index (κ3) is 2.60. The van der Waals surface area contributed by atoms with Crippen LogP contribution in [0.3, 0.4) is 0 Å². The number of nitrogens with one attached hydrogen (secondary N) is 1. The van der Waals surface area contributed by atoms with Crippen LogP contribution in [0.25, 0.3) is 0 Å². The molecule has 0 aliphatic rings. The maximum absolute atomic E-state index is 4.92. The Hall–Kier alpha value is -0.940. The topological polar surface area (TPSA) is 60.2 Å². The number of ether oxygens (including phenoxy) is 1. The van der Waals surface area contributed by atoms with E-state index in [4.69, 9.17) is 9.26 Å². The van der Waals surface area contributed by atoms with Crippen molar-refractivity contribution < 1.29 is 9.26 Å². The molecule has 0 radical (unpaired) electrons. The van der Waals surface area contributed by atoms with E-state index in [1.165, 1.54) is 0 Å². The predicted molar refractivity (Wildman–Crippen MR) is 42.4 cm³/mol. The molecule has 0 atom stereocenters. The van der Waals surface area contributed by atoms with Gasteiger partial charge in [0.05, 0.1) is 6.54 Å². The van der Waals surface area contributed by atoms with Crippen molar-refractivity contribution in [2.24, 2.45) is 0 Å². The zero-order chi connectivity index (χ0) is 8.81. The van der Waals surface area contributed by atoms with Gasteiger partial charge in [0.2, 0.25) is 5.89 Å². The van der Waals surface area contributed by atoms with Crippen LogP contribution in [-0.2, 0) is 17.9 Å². The molecule has 0 aliphatic heterocycles. The molecule has 1 aromatic heterocycles. The first-order valence-corrected chi connectivity index (χ1v) is 3.88. The van der Waals surface area contributed by atoms with Gasteiger partial charge >= 0.3 is 0 Å². The van der Waals surface area contributed by atoms with Gasteiger partial charge in [-0.25, -0.2) is 0 Å². The smallest absolute Gasteiger partial charge is 0.240 e. The summed E-state index contributed by atoms with van der Waals surface area (Å²) in [6.45, 7) is 3.93. The lowest BCUT2D eigenvalue weighted by atomic mass is 10.6. The van der Waals surface area contributed by atoms with E-state index < -0.39 is 0 Å². The van der Waals surface area contributed by atoms with E-state index in [0.717, 1.165) is 6.54 Å². The monoisotopic (exact) mass is 171 g/mol. The molecule has 68 valence electrons. The molecule has 5 heteroatoms. The SMILES string of the molecule is CCNCc1nc(COC)no1. The molecule has 0 saturated heterocycles. The Kier molecular flexibility index (Phi) is 3.69. The molecule has 12 heavy (non-hydrogen) atoms. The molecule has 0 aliphatic carbocycles. The highest BCUT2D eigenvalue weighted by Gasteiger charge is 2.03. The standard InChI is InChI=1S/C7H13N3O2/c1-3-8-4-7-9-6(5-11-2)10-12-7/h8H,3-5H2,1-2H3. The molecule has 1 N–H and O–H groups in total. The third-order valence-corrected chi connectivity index (χ3v) is 1.31. The number of nitrogens with zero attached hydrogens (tertiary/aromatic N) is 2. The summed E-state index contributed by atoms with van der Waals surface area (Å²) >= 11 is 0. The fourth-order valence-corrected chi connectivity index (χ4v) is 0.782. The minimum Gasteiger partial charge on any atom is -0.377 e. The summed E-state index contributed by atoms with van der Waals surface area (Å²) in [4.78, 5) is 4.07. The van der Waals surface area contributed by atoms with Gasteiger partial charge in [0, 0.05) is 7.11 Å². The van der Waals surface area contributed by atoms with Gasteiger partial charge in [-0.15, -0.1) is 0 Å². The minimum atomic E-state index is 0.398. The average molecular weight is 171 g/mol. The van der Waals surface area contributed by atoms with Crippen LogP contribution >= 0.6 is 0 Å². The Morgan fingerprint density at radius 3 is 3.08 bits per heavy atom. The van der Waals surface area contributed by atoms with Crippen LogP contribution in [0.4, 0.5) is 0 Å². The summed E-state index contributed by atoms with van der Waals surface area (Å²) in [7, 11) is 1.60. The van der Waals surface area contributed by atoms with Crippen LogP contribution in [0.2, 0.25) is 0 Å². The van der Waals surface area contributed by atoms with Crippen molar-refractivity contribution in [1.82, 2.24) is 15.5 Å². The number of rotatable bonds is 5. The third-order valence-electron chi connectivity index (χ3n) is 1.31. The molecule has 1 aromatic rings. The highest BCUT2D eigenvalue weighted by atomic mass is 16.5. The van der Waals surface area contributed by atoms with E-state index in [1.807, 2.05) is 6.92 Å². The number of hydrogen-bond donors (Lipinski definition) is 1. The van der Waals surface area contributed by atoms with Gasteiger partial charge in [0.15, 0.2) is 5.82 Å². The number of methoxy groups -OCH3 is 1. The van der Waals surface area contributed by atoms with Crippen molar-refractivity contribution in [1.29, 1.82) is 0 Å². The van der Waals surface area contributed by atoms with E-state index in [1.54, 1.807) is 7.11 Å². The quantitative estimate of drug-likeness (QED) is 0.691. The molecule has 0 spiro atoms. The number of aromatic nitrogens is 2. The molecule has 0 bridgehead atoms. The van der Waals surface area contributed by atoms with E-state index in [9.17, 15) is 0 Å². The highest BCUT2D eigenvalue weighted by Crippen LogP contribution is 1.97. The van der Waals surface area contributed by atoms with Gasteiger partial charge in [-0.1, -0.05) is 12.1 Å². The number of hydrogen-bond acceptors (Lipinski definition) is 5. The molecular weight excluding hydrogens is 158 g/mol. The first kappa shape index (κ1) is 9.15. The van der Waals surface area contributed by atoms with Crippen LogP contribution in [0, 0.1) is 0 Å². The molecule has 5 nitrogen and oxygen atoms in total. The molecule has 1 heterocycles. The van der Waals surface area contributed by atoms with E-state index in [0.29, 0.717) is 24.9 Å². The second kappa shape index (κ2) is 4.84. The second-order valence-corrected chi connectivity index (χ2v) is 2.32. The van der Waals surface area contributed by atoms with Gasteiger partial charge < -0.3 is 14.6 Å². The predicted octanol–water partition coefficient (Wildman–Crippen LogP) is 0.325. The Balaban J connectivity index is 2.41. The first-order chi connectivity index (χ1) is 5.86. The fourth-order valence-electron chi connectivity index (χ4n) is 0.782. The lowest BCUT2D eigenvalue weighted by molar-refractivity contribution is 0.174. The maximum Gasteiger partial charge on any atom is 0.240 e. The Labute approximate surface area is 71.1 Å². The van der Waals surface area contributed by atoms with Crippen molar-refractivity contribution in [3.8, 4) is 0 Å². The Morgan fingerprint density at radius 2 is 2.42 bits per heavy atom. The van der Waals surface area contributed by atoms with Crippen molar-refractivity contribution in [3.05, 3.63) is 11.7 Å². The van der Waals surface area contributed by atoms with Gasteiger partial charge in [0.1, 0.15) is 6.61 Å². The van der Waals surface area contributed by atoms with Crippen LogP contribution < -0.4 is 5.32 Å². The summed E-state index contributed by atoms with van der Waals surface area (Å²) in [6, 6.07) is 0. The normalized spacial score (nSPS) is 10.5. The van der Waals surface area contributed by atoms with E-state index in [-0.39, 0.29) is 0 Å².